The average molecular weight is 409 g/mol. The highest BCUT2D eigenvalue weighted by atomic mass is 35.5. The predicted molar refractivity (Wildman–Crippen MR) is 109 cm³/mol. The molecule has 0 aliphatic heterocycles. The molecule has 2 amide bonds. The molecule has 0 spiro atoms. The molecule has 0 bridgehead atoms. The molecule has 0 saturated carbocycles. The maximum Gasteiger partial charge on any atom is 0.260 e. The van der Waals surface area contributed by atoms with Gasteiger partial charge in [-0.25, -0.2) is 0 Å². The minimum absolute atomic E-state index is 0.143. The number of anilines is 1. The summed E-state index contributed by atoms with van der Waals surface area (Å²) in [5.41, 5.74) is 1.46. The fraction of sp³-hybridized carbons (Fsp3) is 0.300. The maximum absolute atomic E-state index is 12.2. The molecule has 5 nitrogen and oxygen atoms in total. The van der Waals surface area contributed by atoms with E-state index in [1.165, 1.54) is 11.9 Å². The number of likely N-dealkylation sites (N-methyl/N-ethyl adjacent to an activating group) is 1. The Labute approximate surface area is 169 Å². The Balaban J connectivity index is 1.88. The first-order valence-corrected chi connectivity index (χ1v) is 9.24. The lowest BCUT2D eigenvalue weighted by atomic mass is 10.0. The van der Waals surface area contributed by atoms with Gasteiger partial charge in [0.05, 0.1) is 22.3 Å². The minimum Gasteiger partial charge on any atom is -0.484 e. The fourth-order valence-corrected chi connectivity index (χ4v) is 2.81. The monoisotopic (exact) mass is 408 g/mol. The van der Waals surface area contributed by atoms with Gasteiger partial charge in [0.25, 0.3) is 5.91 Å². The van der Waals surface area contributed by atoms with Crippen molar-refractivity contribution in [3.8, 4) is 5.75 Å². The Bertz CT molecular complexity index is 804. The molecule has 0 heterocycles. The van der Waals surface area contributed by atoms with Crippen molar-refractivity contribution in [2.75, 3.05) is 25.5 Å². The highest BCUT2D eigenvalue weighted by Crippen LogP contribution is 2.29. The number of nitrogens with zero attached hydrogens (tertiary/aromatic N) is 1. The van der Waals surface area contributed by atoms with Crippen LogP contribution in [0.2, 0.25) is 10.0 Å². The second-order valence-electron chi connectivity index (χ2n) is 6.41. The van der Waals surface area contributed by atoms with E-state index in [2.05, 4.69) is 19.2 Å². The van der Waals surface area contributed by atoms with Crippen molar-refractivity contribution >= 4 is 40.7 Å². The highest BCUT2D eigenvalue weighted by molar-refractivity contribution is 6.39. The van der Waals surface area contributed by atoms with Crippen molar-refractivity contribution in [1.29, 1.82) is 0 Å². The molecule has 0 aliphatic rings. The quantitative estimate of drug-likeness (QED) is 0.728. The maximum atomic E-state index is 12.2. The van der Waals surface area contributed by atoms with Crippen LogP contribution in [0.4, 0.5) is 5.69 Å². The Hall–Kier alpha value is -2.24. The van der Waals surface area contributed by atoms with E-state index in [-0.39, 0.29) is 19.1 Å². The smallest absolute Gasteiger partial charge is 0.260 e. The number of benzene rings is 2. The first kappa shape index (κ1) is 21.1. The first-order valence-electron chi connectivity index (χ1n) is 8.48. The van der Waals surface area contributed by atoms with Crippen molar-refractivity contribution in [2.45, 2.75) is 19.8 Å². The molecule has 0 radical (unpaired) electrons. The van der Waals surface area contributed by atoms with E-state index in [1.54, 1.807) is 24.3 Å². The highest BCUT2D eigenvalue weighted by Gasteiger charge is 2.16. The zero-order valence-electron chi connectivity index (χ0n) is 15.5. The van der Waals surface area contributed by atoms with Gasteiger partial charge in [-0.2, -0.15) is 0 Å². The Morgan fingerprint density at radius 3 is 2.37 bits per heavy atom. The normalized spacial score (nSPS) is 10.6. The van der Waals surface area contributed by atoms with Crippen LogP contribution in [0, 0.1) is 0 Å². The van der Waals surface area contributed by atoms with Gasteiger partial charge < -0.3 is 15.0 Å². The number of nitrogens with one attached hydrogen (secondary N) is 1. The molecule has 7 heteroatoms. The summed E-state index contributed by atoms with van der Waals surface area (Å²) in [6.45, 7) is 3.87. The molecule has 2 aromatic rings. The molecule has 0 fully saturated rings. The van der Waals surface area contributed by atoms with Crippen LogP contribution in [-0.4, -0.2) is 36.9 Å². The number of rotatable bonds is 7. The zero-order valence-corrected chi connectivity index (χ0v) is 17.0. The lowest BCUT2D eigenvalue weighted by Gasteiger charge is -2.18. The number of amides is 2. The summed E-state index contributed by atoms with van der Waals surface area (Å²) < 4.78 is 5.55. The molecular formula is C20H22Cl2N2O3. The number of halogens is 2. The predicted octanol–water partition coefficient (Wildman–Crippen LogP) is 4.59. The number of para-hydroxylation sites is 1. The summed E-state index contributed by atoms with van der Waals surface area (Å²) in [5.74, 6) is 0.274. The summed E-state index contributed by atoms with van der Waals surface area (Å²) in [4.78, 5) is 25.7. The number of hydrogen-bond acceptors (Lipinski definition) is 3. The largest absolute Gasteiger partial charge is 0.484 e. The summed E-state index contributed by atoms with van der Waals surface area (Å²) in [5, 5.41) is 3.28. The third-order valence-electron chi connectivity index (χ3n) is 3.92. The van der Waals surface area contributed by atoms with Gasteiger partial charge >= 0.3 is 0 Å². The van der Waals surface area contributed by atoms with E-state index < -0.39 is 5.91 Å². The third kappa shape index (κ3) is 6.15. The SMILES string of the molecule is CC(C)c1cccc(OCC(=O)N(C)CC(=O)Nc2c(Cl)cccc2Cl)c1. The van der Waals surface area contributed by atoms with Gasteiger partial charge in [-0.15, -0.1) is 0 Å². The second-order valence-corrected chi connectivity index (χ2v) is 7.22. The fourth-order valence-electron chi connectivity index (χ4n) is 2.32. The van der Waals surface area contributed by atoms with E-state index in [0.29, 0.717) is 27.4 Å². The van der Waals surface area contributed by atoms with Gasteiger partial charge in [0.2, 0.25) is 5.91 Å². The van der Waals surface area contributed by atoms with Gasteiger partial charge in [-0.05, 0) is 35.7 Å². The summed E-state index contributed by atoms with van der Waals surface area (Å²) in [6, 6.07) is 12.5. The molecule has 0 aromatic heterocycles. The third-order valence-corrected chi connectivity index (χ3v) is 4.55. The van der Waals surface area contributed by atoms with Gasteiger partial charge in [0, 0.05) is 7.05 Å². The summed E-state index contributed by atoms with van der Waals surface area (Å²) in [7, 11) is 1.53. The van der Waals surface area contributed by atoms with Crippen LogP contribution in [0.1, 0.15) is 25.3 Å². The van der Waals surface area contributed by atoms with Crippen LogP contribution in [0.25, 0.3) is 0 Å². The number of ether oxygens (including phenoxy) is 1. The standard InChI is InChI=1S/C20H22Cl2N2O3/c1-13(2)14-6-4-7-15(10-14)27-12-19(26)24(3)11-18(25)23-20-16(21)8-5-9-17(20)22/h4-10,13H,11-12H2,1-3H3,(H,23,25). The second kappa shape index (κ2) is 9.62. The average Bonchev–Trinajstić information content (AvgIpc) is 2.63. The number of carbonyl (C=O) groups excluding carboxylic acids is 2. The first-order chi connectivity index (χ1) is 12.8. The lowest BCUT2D eigenvalue weighted by Crippen LogP contribution is -2.37. The zero-order chi connectivity index (χ0) is 20.0. The molecule has 2 aromatic carbocycles. The lowest BCUT2D eigenvalue weighted by molar-refractivity contribution is -0.135. The van der Waals surface area contributed by atoms with Gasteiger partial charge in [-0.3, -0.25) is 9.59 Å². The van der Waals surface area contributed by atoms with Crippen LogP contribution in [0.5, 0.6) is 5.75 Å². The van der Waals surface area contributed by atoms with Crippen molar-refractivity contribution in [3.05, 3.63) is 58.1 Å². The Morgan fingerprint density at radius 2 is 1.74 bits per heavy atom. The minimum atomic E-state index is -0.400. The van der Waals surface area contributed by atoms with Crippen molar-refractivity contribution in [3.63, 3.8) is 0 Å². The summed E-state index contributed by atoms with van der Waals surface area (Å²) in [6.07, 6.45) is 0. The van der Waals surface area contributed by atoms with Crippen LogP contribution < -0.4 is 10.1 Å². The van der Waals surface area contributed by atoms with E-state index in [0.717, 1.165) is 5.56 Å². The van der Waals surface area contributed by atoms with Crippen molar-refractivity contribution < 1.29 is 14.3 Å². The van der Waals surface area contributed by atoms with Gasteiger partial charge in [0.15, 0.2) is 6.61 Å². The van der Waals surface area contributed by atoms with Crippen LogP contribution in [0.3, 0.4) is 0 Å². The van der Waals surface area contributed by atoms with E-state index >= 15 is 0 Å². The molecule has 0 saturated heterocycles. The van der Waals surface area contributed by atoms with Crippen LogP contribution >= 0.6 is 23.2 Å². The Kier molecular flexibility index (Phi) is 7.51. The van der Waals surface area contributed by atoms with Crippen LogP contribution in [0.15, 0.2) is 42.5 Å². The molecule has 144 valence electrons. The molecule has 1 N–H and O–H groups in total. The summed E-state index contributed by atoms with van der Waals surface area (Å²) >= 11 is 12.1. The Morgan fingerprint density at radius 1 is 1.11 bits per heavy atom. The van der Waals surface area contributed by atoms with Gasteiger partial charge in [-0.1, -0.05) is 55.2 Å². The molecule has 0 atom stereocenters. The van der Waals surface area contributed by atoms with E-state index in [1.807, 2.05) is 18.2 Å². The van der Waals surface area contributed by atoms with E-state index in [4.69, 9.17) is 27.9 Å². The molecule has 0 aliphatic carbocycles. The van der Waals surface area contributed by atoms with Crippen molar-refractivity contribution in [1.82, 2.24) is 4.90 Å². The molecule has 0 unspecified atom stereocenters. The van der Waals surface area contributed by atoms with E-state index in [9.17, 15) is 9.59 Å². The van der Waals surface area contributed by atoms with Crippen molar-refractivity contribution in [2.24, 2.45) is 0 Å². The molecule has 2 rings (SSSR count). The van der Waals surface area contributed by atoms with Gasteiger partial charge in [0.1, 0.15) is 5.75 Å². The molecule has 27 heavy (non-hydrogen) atoms. The number of carbonyl (C=O) groups is 2. The number of hydrogen-bond donors (Lipinski definition) is 1. The topological polar surface area (TPSA) is 58.6 Å². The molecular weight excluding hydrogens is 387 g/mol. The van der Waals surface area contributed by atoms with Crippen LogP contribution in [-0.2, 0) is 9.59 Å².